The number of aryl methyl sites for hydroxylation is 1. The molecule has 1 N–H and O–H groups in total. The zero-order chi connectivity index (χ0) is 23.1. The lowest BCUT2D eigenvalue weighted by Crippen LogP contribution is -2.30. The number of anilines is 1. The summed E-state index contributed by atoms with van der Waals surface area (Å²) in [5.74, 6) is -1.23. The van der Waals surface area contributed by atoms with E-state index in [-0.39, 0.29) is 25.4 Å². The number of ether oxygens (including phenoxy) is 1. The molecule has 0 saturated heterocycles. The molecular weight excluding hydrogens is 409 g/mol. The van der Waals surface area contributed by atoms with Gasteiger partial charge in [0, 0.05) is 30.2 Å². The zero-order valence-electron chi connectivity index (χ0n) is 18.0. The number of carboxylic acids is 1. The fraction of sp³-hybridized carbons (Fsp3) is 0.231. The maximum absolute atomic E-state index is 14.3. The highest BCUT2D eigenvalue weighted by molar-refractivity contribution is 6.09. The Hall–Kier alpha value is -3.67. The van der Waals surface area contributed by atoms with Crippen LogP contribution in [0.3, 0.4) is 0 Å². The molecule has 0 atom stereocenters. The van der Waals surface area contributed by atoms with Gasteiger partial charge in [0.15, 0.2) is 0 Å². The summed E-state index contributed by atoms with van der Waals surface area (Å²) < 4.78 is 20.1. The van der Waals surface area contributed by atoms with Crippen LogP contribution in [0.2, 0.25) is 0 Å². The van der Waals surface area contributed by atoms with Gasteiger partial charge < -0.3 is 14.7 Å². The molecule has 166 valence electrons. The number of carbonyl (C=O) groups is 2. The lowest BCUT2D eigenvalue weighted by atomic mass is 10.1. The van der Waals surface area contributed by atoms with Gasteiger partial charge in [0.25, 0.3) is 5.91 Å². The maximum Gasteiger partial charge on any atom is 0.303 e. The molecule has 0 spiro atoms. The van der Waals surface area contributed by atoms with Gasteiger partial charge in [-0.1, -0.05) is 55.1 Å². The summed E-state index contributed by atoms with van der Waals surface area (Å²) in [7, 11) is 0. The third-order valence-corrected chi connectivity index (χ3v) is 5.24. The molecule has 1 aliphatic heterocycles. The number of amides is 1. The summed E-state index contributed by atoms with van der Waals surface area (Å²) in [6, 6.07) is 10.3. The van der Waals surface area contributed by atoms with Crippen LogP contribution in [0.5, 0.6) is 5.75 Å². The van der Waals surface area contributed by atoms with Gasteiger partial charge in [0.2, 0.25) is 0 Å². The SMILES string of the molecule is C=C/C=C(\C=C/C)C(=O)N1CCc2cccc(COc3ccc(CCC(=O)O)c(F)c3)c21. The Bertz CT molecular complexity index is 1090. The molecule has 0 aromatic heterocycles. The topological polar surface area (TPSA) is 66.8 Å². The predicted molar refractivity (Wildman–Crippen MR) is 122 cm³/mol. The number of carboxylic acid groups (broad SMARTS) is 1. The molecule has 32 heavy (non-hydrogen) atoms. The number of fused-ring (bicyclic) bond motifs is 1. The summed E-state index contributed by atoms with van der Waals surface area (Å²) in [6.45, 7) is 6.29. The average Bonchev–Trinajstić information content (AvgIpc) is 3.21. The van der Waals surface area contributed by atoms with E-state index in [1.165, 1.54) is 6.07 Å². The van der Waals surface area contributed by atoms with Crippen molar-refractivity contribution in [2.75, 3.05) is 11.4 Å². The monoisotopic (exact) mass is 435 g/mol. The summed E-state index contributed by atoms with van der Waals surface area (Å²) in [5, 5.41) is 8.77. The number of carbonyl (C=O) groups excluding carboxylic acids is 1. The van der Waals surface area contributed by atoms with E-state index in [0.717, 1.165) is 23.2 Å². The molecule has 3 rings (SSSR count). The standard InChI is InChI=1S/C26H26FNO4/c1-3-6-20(7-4-2)26(31)28-15-14-19-8-5-9-21(25(19)28)17-32-22-12-10-18(23(27)16-22)11-13-24(29)30/h3-10,12,16H,1,11,13-15,17H2,2H3,(H,29,30)/b7-4-,20-6+. The lowest BCUT2D eigenvalue weighted by Gasteiger charge is -2.21. The van der Waals surface area contributed by atoms with E-state index in [2.05, 4.69) is 6.58 Å². The highest BCUT2D eigenvalue weighted by Gasteiger charge is 2.28. The number of hydrogen-bond acceptors (Lipinski definition) is 3. The van der Waals surface area contributed by atoms with E-state index in [1.54, 1.807) is 35.3 Å². The van der Waals surface area contributed by atoms with Crippen molar-refractivity contribution in [3.63, 3.8) is 0 Å². The van der Waals surface area contributed by atoms with Crippen molar-refractivity contribution < 1.29 is 23.8 Å². The van der Waals surface area contributed by atoms with Gasteiger partial charge in [0.1, 0.15) is 18.2 Å². The summed E-state index contributed by atoms with van der Waals surface area (Å²) in [4.78, 5) is 25.6. The third kappa shape index (κ3) is 5.32. The van der Waals surface area contributed by atoms with Crippen molar-refractivity contribution in [3.8, 4) is 5.75 Å². The van der Waals surface area contributed by atoms with Gasteiger partial charge >= 0.3 is 5.97 Å². The molecule has 1 amide bonds. The van der Waals surface area contributed by atoms with Crippen LogP contribution in [0, 0.1) is 5.82 Å². The van der Waals surface area contributed by atoms with Crippen LogP contribution < -0.4 is 9.64 Å². The number of aliphatic carboxylic acids is 1. The molecule has 2 aromatic carbocycles. The van der Waals surface area contributed by atoms with E-state index < -0.39 is 11.8 Å². The van der Waals surface area contributed by atoms with Crippen LogP contribution in [-0.4, -0.2) is 23.5 Å². The second-order valence-electron chi connectivity index (χ2n) is 7.42. The molecule has 0 radical (unpaired) electrons. The Balaban J connectivity index is 1.79. The summed E-state index contributed by atoms with van der Waals surface area (Å²) in [5.41, 5.74) is 3.61. The number of allylic oxidation sites excluding steroid dienone is 3. The number of hydrogen-bond donors (Lipinski definition) is 1. The Morgan fingerprint density at radius 2 is 2.06 bits per heavy atom. The van der Waals surface area contributed by atoms with Crippen LogP contribution in [0.4, 0.5) is 10.1 Å². The number of halogens is 1. The van der Waals surface area contributed by atoms with Crippen molar-refractivity contribution in [2.24, 2.45) is 0 Å². The normalized spacial score (nSPS) is 13.3. The van der Waals surface area contributed by atoms with Crippen LogP contribution in [0.15, 0.2) is 72.9 Å². The smallest absolute Gasteiger partial charge is 0.303 e. The first-order valence-corrected chi connectivity index (χ1v) is 10.5. The second-order valence-corrected chi connectivity index (χ2v) is 7.42. The van der Waals surface area contributed by atoms with E-state index >= 15 is 0 Å². The first-order chi connectivity index (χ1) is 15.4. The predicted octanol–water partition coefficient (Wildman–Crippen LogP) is 5.00. The highest BCUT2D eigenvalue weighted by atomic mass is 19.1. The molecule has 0 fully saturated rings. The molecule has 0 unspecified atom stereocenters. The first kappa shape index (κ1) is 23.0. The molecule has 0 aliphatic carbocycles. The first-order valence-electron chi connectivity index (χ1n) is 10.5. The molecule has 0 saturated carbocycles. The molecule has 0 bridgehead atoms. The highest BCUT2D eigenvalue weighted by Crippen LogP contribution is 2.34. The van der Waals surface area contributed by atoms with Gasteiger partial charge in [-0.25, -0.2) is 4.39 Å². The Morgan fingerprint density at radius 3 is 2.75 bits per heavy atom. The minimum absolute atomic E-state index is 0.108. The molecule has 1 heterocycles. The van der Waals surface area contributed by atoms with Gasteiger partial charge in [0.05, 0.1) is 5.69 Å². The van der Waals surface area contributed by atoms with Gasteiger partial charge in [-0.2, -0.15) is 0 Å². The molecule has 1 aliphatic rings. The van der Waals surface area contributed by atoms with Crippen molar-refractivity contribution in [1.29, 1.82) is 0 Å². The average molecular weight is 435 g/mol. The van der Waals surface area contributed by atoms with Gasteiger partial charge in [-0.3, -0.25) is 9.59 Å². The summed E-state index contributed by atoms with van der Waals surface area (Å²) >= 11 is 0. The Morgan fingerprint density at radius 1 is 1.25 bits per heavy atom. The van der Waals surface area contributed by atoms with E-state index in [0.29, 0.717) is 23.4 Å². The minimum atomic E-state index is -0.970. The van der Waals surface area contributed by atoms with Crippen LogP contribution in [0.1, 0.15) is 30.0 Å². The molecule has 6 heteroatoms. The van der Waals surface area contributed by atoms with E-state index in [1.807, 2.05) is 31.2 Å². The van der Waals surface area contributed by atoms with Crippen molar-refractivity contribution in [2.45, 2.75) is 32.8 Å². The van der Waals surface area contributed by atoms with Crippen molar-refractivity contribution in [1.82, 2.24) is 0 Å². The fourth-order valence-electron chi connectivity index (χ4n) is 3.74. The molecular formula is C26H26FNO4. The van der Waals surface area contributed by atoms with Gasteiger partial charge in [-0.15, -0.1) is 0 Å². The molecule has 5 nitrogen and oxygen atoms in total. The van der Waals surface area contributed by atoms with Crippen LogP contribution in [-0.2, 0) is 29.0 Å². The summed E-state index contributed by atoms with van der Waals surface area (Å²) in [6.07, 6.45) is 7.59. The van der Waals surface area contributed by atoms with Crippen molar-refractivity contribution >= 4 is 17.6 Å². The van der Waals surface area contributed by atoms with Crippen LogP contribution >= 0.6 is 0 Å². The van der Waals surface area contributed by atoms with Gasteiger partial charge in [-0.05, 0) is 37.0 Å². The fourth-order valence-corrected chi connectivity index (χ4v) is 3.74. The van der Waals surface area contributed by atoms with E-state index in [9.17, 15) is 14.0 Å². The largest absolute Gasteiger partial charge is 0.489 e. The molecule has 2 aromatic rings. The zero-order valence-corrected chi connectivity index (χ0v) is 18.0. The number of nitrogens with zero attached hydrogens (tertiary/aromatic N) is 1. The number of benzene rings is 2. The quantitative estimate of drug-likeness (QED) is 0.445. The minimum Gasteiger partial charge on any atom is -0.489 e. The number of rotatable bonds is 9. The number of para-hydroxylation sites is 1. The lowest BCUT2D eigenvalue weighted by molar-refractivity contribution is -0.137. The Labute approximate surface area is 187 Å². The maximum atomic E-state index is 14.3. The second kappa shape index (κ2) is 10.6. The third-order valence-electron chi connectivity index (χ3n) is 5.24. The van der Waals surface area contributed by atoms with Crippen LogP contribution in [0.25, 0.3) is 0 Å². The van der Waals surface area contributed by atoms with Crippen molar-refractivity contribution in [3.05, 3.63) is 95.4 Å². The van der Waals surface area contributed by atoms with E-state index in [4.69, 9.17) is 9.84 Å². The Kier molecular flexibility index (Phi) is 7.60.